The fourth-order valence-electron chi connectivity index (χ4n) is 4.76. The van der Waals surface area contributed by atoms with Crippen LogP contribution in [0, 0.1) is 0 Å². The molecule has 0 unspecified atom stereocenters. The van der Waals surface area contributed by atoms with Crippen LogP contribution in [-0.4, -0.2) is 71.6 Å². The highest BCUT2D eigenvalue weighted by Crippen LogP contribution is 2.15. The number of nitrogens with zero attached hydrogens (tertiary/aromatic N) is 2. The summed E-state index contributed by atoms with van der Waals surface area (Å²) < 4.78 is 5.46. The minimum atomic E-state index is -0.862. The summed E-state index contributed by atoms with van der Waals surface area (Å²) in [6.07, 6.45) is 3.62. The standard InChI is InChI=1S/C34H46N6O5S/c1-24(2)40(4)33(43)39-31(17-18-36-25(3)41)32(42)37-28(19-26-11-7-5-8-12-26)15-16-29(20-27-13-9-6-10-14-27)38-34(44)45-22-30-21-35-23-46-30/h5-14,21,23-24,28-29,31H,15-20,22H2,1-4H3,(H,36,41)(H,37,42)(H,38,44)(H,39,43)/t28-,29-,31+/m1/s1. The van der Waals surface area contributed by atoms with Gasteiger partial charge < -0.3 is 30.9 Å². The molecule has 0 aliphatic carbocycles. The molecule has 248 valence electrons. The van der Waals surface area contributed by atoms with Gasteiger partial charge in [0.2, 0.25) is 11.8 Å². The van der Waals surface area contributed by atoms with Crippen molar-refractivity contribution in [1.29, 1.82) is 0 Å². The van der Waals surface area contributed by atoms with Crippen molar-refractivity contribution in [2.45, 2.75) is 83.6 Å². The number of thiazole rings is 1. The number of hydrogen-bond acceptors (Lipinski definition) is 7. The molecule has 0 spiro atoms. The highest BCUT2D eigenvalue weighted by Gasteiger charge is 2.26. The van der Waals surface area contributed by atoms with E-state index < -0.39 is 12.1 Å². The van der Waals surface area contributed by atoms with Crippen LogP contribution in [0.15, 0.2) is 72.4 Å². The molecule has 0 aliphatic rings. The first-order valence-electron chi connectivity index (χ1n) is 15.6. The molecular formula is C34H46N6O5S. The molecule has 0 aliphatic heterocycles. The Morgan fingerprint density at radius 2 is 1.43 bits per heavy atom. The summed E-state index contributed by atoms with van der Waals surface area (Å²) in [6.45, 7) is 5.55. The molecular weight excluding hydrogens is 604 g/mol. The molecule has 3 aromatic rings. The number of benzene rings is 2. The van der Waals surface area contributed by atoms with Crippen molar-refractivity contribution in [1.82, 2.24) is 31.2 Å². The summed E-state index contributed by atoms with van der Waals surface area (Å²) in [5.74, 6) is -0.553. The summed E-state index contributed by atoms with van der Waals surface area (Å²) in [4.78, 5) is 57.3. The predicted molar refractivity (Wildman–Crippen MR) is 179 cm³/mol. The van der Waals surface area contributed by atoms with Gasteiger partial charge in [-0.05, 0) is 57.1 Å². The maximum atomic E-state index is 13.7. The number of carbonyl (C=O) groups excluding carboxylic acids is 4. The number of ether oxygens (including phenoxy) is 1. The van der Waals surface area contributed by atoms with Gasteiger partial charge in [0.05, 0.1) is 10.4 Å². The van der Waals surface area contributed by atoms with E-state index in [0.717, 1.165) is 16.0 Å². The van der Waals surface area contributed by atoms with Crippen molar-refractivity contribution < 1.29 is 23.9 Å². The SMILES string of the molecule is CC(=O)NCC[C@H](NC(=O)N(C)C(C)C)C(=O)N[C@H](CC[C@H](Cc1ccccc1)NC(=O)OCc1cncs1)Cc1ccccc1. The second-order valence-corrected chi connectivity index (χ2v) is 12.5. The topological polar surface area (TPSA) is 142 Å². The molecule has 1 aromatic heterocycles. The number of carbonyl (C=O) groups is 4. The highest BCUT2D eigenvalue weighted by atomic mass is 32.1. The maximum absolute atomic E-state index is 13.7. The number of amides is 5. The Morgan fingerprint density at radius 1 is 0.848 bits per heavy atom. The minimum absolute atomic E-state index is 0.0624. The zero-order valence-corrected chi connectivity index (χ0v) is 27.8. The maximum Gasteiger partial charge on any atom is 0.407 e. The van der Waals surface area contributed by atoms with E-state index in [1.165, 1.54) is 23.2 Å². The molecule has 3 atom stereocenters. The van der Waals surface area contributed by atoms with E-state index in [1.807, 2.05) is 74.5 Å². The van der Waals surface area contributed by atoms with Gasteiger partial charge in [0.15, 0.2) is 0 Å². The molecule has 12 heteroatoms. The van der Waals surface area contributed by atoms with Gasteiger partial charge in [-0.1, -0.05) is 60.7 Å². The minimum Gasteiger partial charge on any atom is -0.444 e. The molecule has 4 N–H and O–H groups in total. The van der Waals surface area contributed by atoms with Crippen LogP contribution in [0.4, 0.5) is 9.59 Å². The Kier molecular flexibility index (Phi) is 15.0. The Bertz CT molecular complexity index is 1360. The van der Waals surface area contributed by atoms with Crippen LogP contribution in [0.1, 0.15) is 56.0 Å². The van der Waals surface area contributed by atoms with Crippen LogP contribution >= 0.6 is 11.3 Å². The number of aromatic nitrogens is 1. The summed E-state index contributed by atoms with van der Waals surface area (Å²) in [6, 6.07) is 17.9. The zero-order valence-electron chi connectivity index (χ0n) is 27.0. The number of alkyl carbamates (subject to hydrolysis) is 1. The fraction of sp³-hybridized carbons (Fsp3) is 0.441. The number of nitrogens with one attached hydrogen (secondary N) is 4. The summed E-state index contributed by atoms with van der Waals surface area (Å²) in [5.41, 5.74) is 3.80. The van der Waals surface area contributed by atoms with E-state index in [1.54, 1.807) is 18.8 Å². The second-order valence-electron chi connectivity index (χ2n) is 11.5. The molecule has 2 aromatic carbocycles. The number of rotatable bonds is 17. The fourth-order valence-corrected chi connectivity index (χ4v) is 5.26. The molecule has 46 heavy (non-hydrogen) atoms. The number of urea groups is 1. The summed E-state index contributed by atoms with van der Waals surface area (Å²) in [7, 11) is 1.67. The Hall–Kier alpha value is -4.45. The van der Waals surface area contributed by atoms with E-state index in [0.29, 0.717) is 25.7 Å². The smallest absolute Gasteiger partial charge is 0.407 e. The lowest BCUT2D eigenvalue weighted by Gasteiger charge is -2.28. The van der Waals surface area contributed by atoms with Crippen molar-refractivity contribution in [2.24, 2.45) is 0 Å². The van der Waals surface area contributed by atoms with Crippen molar-refractivity contribution in [3.8, 4) is 0 Å². The van der Waals surface area contributed by atoms with Crippen molar-refractivity contribution >= 4 is 35.3 Å². The Balaban J connectivity index is 1.75. The second kappa shape index (κ2) is 19.2. The molecule has 0 bridgehead atoms. The van der Waals surface area contributed by atoms with Crippen LogP contribution in [0.2, 0.25) is 0 Å². The molecule has 5 amide bonds. The van der Waals surface area contributed by atoms with Gasteiger partial charge in [-0.3, -0.25) is 14.6 Å². The van der Waals surface area contributed by atoms with E-state index in [4.69, 9.17) is 4.74 Å². The quantitative estimate of drug-likeness (QED) is 0.170. The monoisotopic (exact) mass is 650 g/mol. The normalized spacial score (nSPS) is 12.8. The molecule has 11 nitrogen and oxygen atoms in total. The third-order valence-electron chi connectivity index (χ3n) is 7.53. The first kappa shape index (κ1) is 36.0. The molecule has 0 saturated carbocycles. The summed E-state index contributed by atoms with van der Waals surface area (Å²) in [5, 5.41) is 11.7. The molecule has 0 saturated heterocycles. The third-order valence-corrected chi connectivity index (χ3v) is 8.28. The highest BCUT2D eigenvalue weighted by molar-refractivity contribution is 7.09. The van der Waals surface area contributed by atoms with Gasteiger partial charge in [-0.25, -0.2) is 9.59 Å². The van der Waals surface area contributed by atoms with Crippen molar-refractivity contribution in [3.63, 3.8) is 0 Å². The van der Waals surface area contributed by atoms with Crippen LogP contribution < -0.4 is 21.3 Å². The first-order chi connectivity index (χ1) is 22.1. The van der Waals surface area contributed by atoms with E-state index in [9.17, 15) is 19.2 Å². The van der Waals surface area contributed by atoms with Gasteiger partial charge in [0.25, 0.3) is 0 Å². The third kappa shape index (κ3) is 13.3. The van der Waals surface area contributed by atoms with Gasteiger partial charge in [0, 0.05) is 44.8 Å². The van der Waals surface area contributed by atoms with Gasteiger partial charge in [-0.2, -0.15) is 0 Å². The van der Waals surface area contributed by atoms with Crippen LogP contribution in [0.3, 0.4) is 0 Å². The van der Waals surface area contributed by atoms with Crippen LogP contribution in [0.25, 0.3) is 0 Å². The van der Waals surface area contributed by atoms with Crippen molar-refractivity contribution in [3.05, 3.63) is 88.4 Å². The van der Waals surface area contributed by atoms with E-state index in [2.05, 4.69) is 26.3 Å². The van der Waals surface area contributed by atoms with Crippen LogP contribution in [0.5, 0.6) is 0 Å². The van der Waals surface area contributed by atoms with Crippen molar-refractivity contribution in [2.75, 3.05) is 13.6 Å². The van der Waals surface area contributed by atoms with Gasteiger partial charge >= 0.3 is 12.1 Å². The molecule has 3 rings (SSSR count). The van der Waals surface area contributed by atoms with Gasteiger partial charge in [-0.15, -0.1) is 11.3 Å². The number of hydrogen-bond donors (Lipinski definition) is 4. The van der Waals surface area contributed by atoms with E-state index >= 15 is 0 Å². The molecule has 0 fully saturated rings. The van der Waals surface area contributed by atoms with E-state index in [-0.39, 0.29) is 55.5 Å². The average Bonchev–Trinajstić information content (AvgIpc) is 3.56. The largest absolute Gasteiger partial charge is 0.444 e. The first-order valence-corrected chi connectivity index (χ1v) is 16.4. The Labute approximate surface area is 275 Å². The molecule has 1 heterocycles. The lowest BCUT2D eigenvalue weighted by molar-refractivity contribution is -0.124. The predicted octanol–water partition coefficient (Wildman–Crippen LogP) is 4.43. The zero-order chi connectivity index (χ0) is 33.3. The lowest BCUT2D eigenvalue weighted by atomic mass is 9.95. The lowest BCUT2D eigenvalue weighted by Crippen LogP contribution is -2.54. The molecule has 0 radical (unpaired) electrons. The van der Waals surface area contributed by atoms with Gasteiger partial charge in [0.1, 0.15) is 12.6 Å². The summed E-state index contributed by atoms with van der Waals surface area (Å²) >= 11 is 1.42. The Morgan fingerprint density at radius 3 is 1.96 bits per heavy atom. The van der Waals surface area contributed by atoms with Crippen LogP contribution in [-0.2, 0) is 33.8 Å². The average molecular weight is 651 g/mol.